The number of quaternary nitrogens is 1. The van der Waals surface area contributed by atoms with Crippen molar-refractivity contribution in [3.63, 3.8) is 0 Å². The Kier molecular flexibility index (Phi) is 5.54. The van der Waals surface area contributed by atoms with Crippen molar-refractivity contribution < 1.29 is 28.6 Å². The summed E-state index contributed by atoms with van der Waals surface area (Å²) in [5, 5.41) is 13.4. The summed E-state index contributed by atoms with van der Waals surface area (Å²) in [5.41, 5.74) is 0.539. The van der Waals surface area contributed by atoms with Crippen LogP contribution < -0.4 is 10.8 Å². The minimum Gasteiger partial charge on any atom is -0.630 e. The summed E-state index contributed by atoms with van der Waals surface area (Å²) in [6.07, 6.45) is -0.754. The topological polar surface area (TPSA) is 98.3 Å². The molecule has 0 unspecified atom stereocenters. The predicted octanol–water partition coefficient (Wildman–Crippen LogP) is 3.09. The van der Waals surface area contributed by atoms with Crippen LogP contribution in [0, 0.1) is 16.8 Å². The van der Waals surface area contributed by atoms with Crippen LogP contribution in [0.1, 0.15) is 37.9 Å². The Hall–Kier alpha value is -3.04. The van der Waals surface area contributed by atoms with Crippen LogP contribution in [0.15, 0.2) is 36.4 Å². The van der Waals surface area contributed by atoms with Crippen molar-refractivity contribution in [2.24, 2.45) is 0 Å². The number of hydrogen-bond donors (Lipinski definition) is 2. The molecule has 2 amide bonds. The van der Waals surface area contributed by atoms with Gasteiger partial charge in [-0.1, -0.05) is 12.1 Å². The first-order chi connectivity index (χ1) is 13.6. The van der Waals surface area contributed by atoms with Gasteiger partial charge in [0, 0.05) is 6.07 Å². The molecule has 0 aromatic heterocycles. The summed E-state index contributed by atoms with van der Waals surface area (Å²) in [4.78, 5) is 26.8. The lowest BCUT2D eigenvalue weighted by molar-refractivity contribution is -0.497. The summed E-state index contributed by atoms with van der Waals surface area (Å²) >= 11 is 0. The summed E-state index contributed by atoms with van der Waals surface area (Å²) < 4.78 is 33.3. The molecule has 2 aromatic carbocycles. The summed E-state index contributed by atoms with van der Waals surface area (Å²) in [6, 6.07) is 6.67. The standard InChI is InChI=1S/C20H21F2N3O4/c1-20(2,3)29-19(27)25-10-11-7-8-12(24-28)9-13(11)17(25)18(26)23-16-14(21)5-4-6-15(16)22/h4-9,17H,10,24H2,1-3H3,(H,23,26)/t17-/m0/s1. The number of nitrogens with one attached hydrogen (secondary N) is 1. The molecular formula is C20H21F2N3O4. The molecule has 1 aliphatic rings. The van der Waals surface area contributed by atoms with Crippen molar-refractivity contribution >= 4 is 23.4 Å². The van der Waals surface area contributed by atoms with E-state index in [1.165, 1.54) is 17.0 Å². The number of fused-ring (bicyclic) bond motifs is 1. The minimum atomic E-state index is -1.21. The quantitative estimate of drug-likeness (QED) is 0.606. The molecule has 1 aliphatic heterocycles. The fraction of sp³-hybridized carbons (Fsp3) is 0.300. The summed E-state index contributed by atoms with van der Waals surface area (Å²) in [5.74, 6) is -2.70. The number of nitrogens with zero attached hydrogens (tertiary/aromatic N) is 1. The van der Waals surface area contributed by atoms with Gasteiger partial charge < -0.3 is 20.7 Å². The Bertz CT molecular complexity index is 939. The highest BCUT2D eigenvalue weighted by molar-refractivity contribution is 5.98. The number of amides is 2. The number of halogens is 2. The number of nitrogens with two attached hydrogens (primary N) is 1. The molecule has 0 radical (unpaired) electrons. The molecule has 7 nitrogen and oxygen atoms in total. The molecule has 0 saturated heterocycles. The molecule has 0 saturated carbocycles. The number of anilines is 1. The lowest BCUT2D eigenvalue weighted by Crippen LogP contribution is -2.70. The maximum absolute atomic E-state index is 14.0. The van der Waals surface area contributed by atoms with E-state index in [-0.39, 0.29) is 6.54 Å². The highest BCUT2D eigenvalue weighted by Gasteiger charge is 2.41. The molecule has 154 valence electrons. The van der Waals surface area contributed by atoms with Gasteiger partial charge in [-0.05, 0) is 50.1 Å². The maximum Gasteiger partial charge on any atom is 0.411 e. The van der Waals surface area contributed by atoms with Gasteiger partial charge in [0.2, 0.25) is 0 Å². The van der Waals surface area contributed by atoms with Crippen LogP contribution in [0.2, 0.25) is 0 Å². The van der Waals surface area contributed by atoms with Gasteiger partial charge in [0.25, 0.3) is 5.91 Å². The van der Waals surface area contributed by atoms with Crippen LogP contribution >= 0.6 is 0 Å². The van der Waals surface area contributed by atoms with Crippen molar-refractivity contribution in [2.45, 2.75) is 39.0 Å². The lowest BCUT2D eigenvalue weighted by Gasteiger charge is -2.28. The second-order valence-corrected chi connectivity index (χ2v) is 7.67. The third-order valence-corrected chi connectivity index (χ3v) is 4.34. The van der Waals surface area contributed by atoms with Gasteiger partial charge in [-0.25, -0.2) is 13.6 Å². The fourth-order valence-electron chi connectivity index (χ4n) is 3.11. The van der Waals surface area contributed by atoms with Crippen molar-refractivity contribution in [2.75, 3.05) is 5.32 Å². The van der Waals surface area contributed by atoms with Crippen LogP contribution in [0.5, 0.6) is 0 Å². The van der Waals surface area contributed by atoms with E-state index < -0.39 is 41.0 Å². The normalized spacial score (nSPS) is 15.8. The van der Waals surface area contributed by atoms with Gasteiger partial charge in [-0.2, -0.15) is 0 Å². The number of ether oxygens (including phenoxy) is 1. The number of carbonyl (C=O) groups is 2. The van der Waals surface area contributed by atoms with Gasteiger partial charge in [-0.3, -0.25) is 9.69 Å². The van der Waals surface area contributed by atoms with Crippen molar-refractivity contribution in [1.82, 2.24) is 4.90 Å². The van der Waals surface area contributed by atoms with Crippen molar-refractivity contribution in [3.8, 4) is 0 Å². The van der Waals surface area contributed by atoms with E-state index in [2.05, 4.69) is 5.32 Å². The minimum absolute atomic E-state index is 0.0568. The zero-order chi connectivity index (χ0) is 21.3. The van der Waals surface area contributed by atoms with E-state index in [9.17, 15) is 23.6 Å². The van der Waals surface area contributed by atoms with Gasteiger partial charge in [0.1, 0.15) is 34.7 Å². The molecule has 0 fully saturated rings. The largest absolute Gasteiger partial charge is 0.630 e. The van der Waals surface area contributed by atoms with Crippen molar-refractivity contribution in [1.29, 1.82) is 0 Å². The van der Waals surface area contributed by atoms with Gasteiger partial charge >= 0.3 is 6.09 Å². The monoisotopic (exact) mass is 405 g/mol. The average Bonchev–Trinajstić information content (AvgIpc) is 3.02. The molecule has 0 bridgehead atoms. The molecule has 3 N–H and O–H groups in total. The molecule has 1 heterocycles. The molecule has 29 heavy (non-hydrogen) atoms. The average molecular weight is 405 g/mol. The van der Waals surface area contributed by atoms with Crippen LogP contribution in [0.25, 0.3) is 0 Å². The summed E-state index contributed by atoms with van der Waals surface area (Å²) in [7, 11) is 0. The first-order valence-electron chi connectivity index (χ1n) is 8.93. The van der Waals surface area contributed by atoms with Gasteiger partial charge in [0.05, 0.1) is 6.54 Å². The van der Waals surface area contributed by atoms with E-state index in [0.29, 0.717) is 22.3 Å². The fourth-order valence-corrected chi connectivity index (χ4v) is 3.11. The Morgan fingerprint density at radius 1 is 1.21 bits per heavy atom. The number of carbonyl (C=O) groups excluding carboxylic acids is 2. The highest BCUT2D eigenvalue weighted by Crippen LogP contribution is 2.37. The number of hydrogen-bond acceptors (Lipinski definition) is 4. The van der Waals surface area contributed by atoms with E-state index in [1.54, 1.807) is 32.9 Å². The zero-order valence-corrected chi connectivity index (χ0v) is 16.2. The Morgan fingerprint density at radius 3 is 2.45 bits per heavy atom. The first kappa shape index (κ1) is 20.7. The Balaban J connectivity index is 1.98. The van der Waals surface area contributed by atoms with Gasteiger partial charge in [0.15, 0.2) is 0 Å². The SMILES string of the molecule is CC(C)(C)OC(=O)N1Cc2ccc([NH2+][O-])cc2[C@H]1C(=O)Nc1c(F)cccc1F. The zero-order valence-electron chi connectivity index (χ0n) is 16.2. The van der Waals surface area contributed by atoms with Crippen LogP contribution in [0.4, 0.5) is 25.0 Å². The van der Waals surface area contributed by atoms with Crippen molar-refractivity contribution in [3.05, 3.63) is 64.4 Å². The number of benzene rings is 2. The molecule has 1 atom stereocenters. The molecule has 0 spiro atoms. The second kappa shape index (κ2) is 7.76. The van der Waals surface area contributed by atoms with Gasteiger partial charge in [-0.15, -0.1) is 0 Å². The Labute approximate surface area is 166 Å². The molecule has 3 rings (SSSR count). The van der Waals surface area contributed by atoms with Crippen LogP contribution in [-0.2, 0) is 16.1 Å². The molecule has 0 aliphatic carbocycles. The van der Waals surface area contributed by atoms with Crippen LogP contribution in [-0.4, -0.2) is 22.5 Å². The van der Waals surface area contributed by atoms with E-state index in [0.717, 1.165) is 12.1 Å². The van der Waals surface area contributed by atoms with Crippen LogP contribution in [0.3, 0.4) is 0 Å². The Morgan fingerprint density at radius 2 is 1.86 bits per heavy atom. The van der Waals surface area contributed by atoms with E-state index in [1.807, 2.05) is 0 Å². The number of rotatable bonds is 3. The second-order valence-electron chi connectivity index (χ2n) is 7.67. The molecule has 9 heteroatoms. The maximum atomic E-state index is 14.0. The molecular weight excluding hydrogens is 384 g/mol. The number of para-hydroxylation sites is 1. The van der Waals surface area contributed by atoms with E-state index >= 15 is 0 Å². The van der Waals surface area contributed by atoms with E-state index in [4.69, 9.17) is 4.74 Å². The summed E-state index contributed by atoms with van der Waals surface area (Å²) in [6.45, 7) is 5.11. The first-order valence-corrected chi connectivity index (χ1v) is 8.93. The molecule has 2 aromatic rings. The smallest absolute Gasteiger partial charge is 0.411 e. The highest BCUT2D eigenvalue weighted by atomic mass is 19.1. The lowest BCUT2D eigenvalue weighted by atomic mass is 10.0. The third kappa shape index (κ3) is 4.36. The predicted molar refractivity (Wildman–Crippen MR) is 101 cm³/mol. The third-order valence-electron chi connectivity index (χ3n) is 4.34.